The SMILES string of the molecule is Cc1ccccc1-n1ccc2ccc3c(ccc4c3c3c5ccccc5ccc3n4-c3cccc(-c4ccccc4)c3)c21. The molecule has 0 amide bonds. The Labute approximate surface area is 249 Å². The summed E-state index contributed by atoms with van der Waals surface area (Å²) in [5.41, 5.74) is 9.78. The highest BCUT2D eigenvalue weighted by Gasteiger charge is 2.19. The second-order valence-electron chi connectivity index (χ2n) is 11.5. The third kappa shape index (κ3) is 3.53. The largest absolute Gasteiger partial charge is 0.316 e. The summed E-state index contributed by atoms with van der Waals surface area (Å²) in [5.74, 6) is 0. The Bertz CT molecular complexity index is 2510. The molecule has 0 atom stereocenters. The zero-order chi connectivity index (χ0) is 28.5. The molecule has 2 heteroatoms. The number of nitrogens with zero attached hydrogens (tertiary/aromatic N) is 2. The predicted octanol–water partition coefficient (Wildman–Crippen LogP) is 11.0. The van der Waals surface area contributed by atoms with Crippen molar-refractivity contribution in [1.82, 2.24) is 9.13 Å². The van der Waals surface area contributed by atoms with Gasteiger partial charge in [0.2, 0.25) is 0 Å². The zero-order valence-electron chi connectivity index (χ0n) is 23.8. The fourth-order valence-electron chi connectivity index (χ4n) is 7.08. The van der Waals surface area contributed by atoms with Gasteiger partial charge in [-0.1, -0.05) is 109 Å². The molecule has 0 spiro atoms. The van der Waals surface area contributed by atoms with Crippen LogP contribution in [0.2, 0.25) is 0 Å². The van der Waals surface area contributed by atoms with Gasteiger partial charge in [0.1, 0.15) is 0 Å². The lowest BCUT2D eigenvalue weighted by Crippen LogP contribution is -1.96. The molecule has 0 aliphatic heterocycles. The minimum Gasteiger partial charge on any atom is -0.316 e. The van der Waals surface area contributed by atoms with E-state index in [-0.39, 0.29) is 0 Å². The first-order valence-corrected chi connectivity index (χ1v) is 14.9. The van der Waals surface area contributed by atoms with Crippen molar-refractivity contribution in [3.8, 4) is 22.5 Å². The Balaban J connectivity index is 1.43. The van der Waals surface area contributed by atoms with Gasteiger partial charge in [0.15, 0.2) is 0 Å². The smallest absolute Gasteiger partial charge is 0.0607 e. The van der Waals surface area contributed by atoms with Crippen LogP contribution in [-0.4, -0.2) is 9.13 Å². The number of aryl methyl sites for hydroxylation is 1. The molecule has 0 fully saturated rings. The van der Waals surface area contributed by atoms with Gasteiger partial charge in [-0.05, 0) is 76.2 Å². The van der Waals surface area contributed by atoms with Crippen molar-refractivity contribution in [3.63, 3.8) is 0 Å². The van der Waals surface area contributed by atoms with Crippen LogP contribution in [0.3, 0.4) is 0 Å². The minimum atomic E-state index is 1.17. The molecular weight excluding hydrogens is 520 g/mol. The van der Waals surface area contributed by atoms with E-state index < -0.39 is 0 Å². The van der Waals surface area contributed by atoms with Crippen LogP contribution in [0.5, 0.6) is 0 Å². The van der Waals surface area contributed by atoms with Crippen LogP contribution in [0.25, 0.3) is 76.8 Å². The fourth-order valence-corrected chi connectivity index (χ4v) is 7.08. The molecule has 0 bridgehead atoms. The summed E-state index contributed by atoms with van der Waals surface area (Å²) in [4.78, 5) is 0. The van der Waals surface area contributed by atoms with Crippen LogP contribution in [0.4, 0.5) is 0 Å². The molecule has 0 saturated carbocycles. The van der Waals surface area contributed by atoms with Gasteiger partial charge in [-0.2, -0.15) is 0 Å². The van der Waals surface area contributed by atoms with Crippen molar-refractivity contribution in [1.29, 1.82) is 0 Å². The second kappa shape index (κ2) is 9.20. The van der Waals surface area contributed by atoms with E-state index in [1.54, 1.807) is 0 Å². The Morgan fingerprint density at radius 2 is 1.16 bits per heavy atom. The van der Waals surface area contributed by atoms with Crippen LogP contribution in [0, 0.1) is 6.92 Å². The van der Waals surface area contributed by atoms with Crippen molar-refractivity contribution < 1.29 is 0 Å². The van der Waals surface area contributed by atoms with Gasteiger partial charge < -0.3 is 9.13 Å². The van der Waals surface area contributed by atoms with Crippen molar-refractivity contribution in [3.05, 3.63) is 157 Å². The van der Waals surface area contributed by atoms with Crippen LogP contribution in [0.1, 0.15) is 5.56 Å². The maximum absolute atomic E-state index is 2.45. The number of hydrogen-bond acceptors (Lipinski definition) is 0. The van der Waals surface area contributed by atoms with Gasteiger partial charge in [-0.3, -0.25) is 0 Å². The lowest BCUT2D eigenvalue weighted by molar-refractivity contribution is 1.11. The number of aromatic nitrogens is 2. The first kappa shape index (κ1) is 24.0. The van der Waals surface area contributed by atoms with Crippen molar-refractivity contribution >= 4 is 54.3 Å². The number of hydrogen-bond donors (Lipinski definition) is 0. The van der Waals surface area contributed by atoms with Crippen molar-refractivity contribution in [2.24, 2.45) is 0 Å². The van der Waals surface area contributed by atoms with E-state index in [0.717, 1.165) is 0 Å². The van der Waals surface area contributed by atoms with E-state index in [2.05, 4.69) is 168 Å². The number of para-hydroxylation sites is 1. The van der Waals surface area contributed by atoms with Gasteiger partial charge in [-0.25, -0.2) is 0 Å². The number of fused-ring (bicyclic) bond motifs is 9. The normalized spacial score (nSPS) is 11.8. The van der Waals surface area contributed by atoms with Crippen LogP contribution >= 0.6 is 0 Å². The highest BCUT2D eigenvalue weighted by molar-refractivity contribution is 6.30. The van der Waals surface area contributed by atoms with Gasteiger partial charge in [0.25, 0.3) is 0 Å². The standard InChI is InChI=1S/C41H28N2/c1-27-10-5-8-17-36(27)42-25-24-30-18-20-34-35(41(30)42)21-23-38-40(34)39-33-16-7-6-13-29(33)19-22-37(39)43(38)32-15-9-14-31(26-32)28-11-3-2-4-12-28/h2-26H,1H3. The third-order valence-electron chi connectivity index (χ3n) is 9.05. The summed E-state index contributed by atoms with van der Waals surface area (Å²) >= 11 is 0. The molecular formula is C41H28N2. The van der Waals surface area contributed by atoms with Crippen LogP contribution in [-0.2, 0) is 0 Å². The maximum Gasteiger partial charge on any atom is 0.0607 e. The van der Waals surface area contributed by atoms with Crippen molar-refractivity contribution in [2.75, 3.05) is 0 Å². The van der Waals surface area contributed by atoms with Crippen molar-refractivity contribution in [2.45, 2.75) is 6.92 Å². The Morgan fingerprint density at radius 1 is 0.465 bits per heavy atom. The lowest BCUT2D eigenvalue weighted by atomic mass is 9.98. The molecule has 0 N–H and O–H groups in total. The monoisotopic (exact) mass is 548 g/mol. The molecule has 0 saturated heterocycles. The summed E-state index contributed by atoms with van der Waals surface area (Å²) in [6.45, 7) is 2.19. The first-order valence-electron chi connectivity index (χ1n) is 14.9. The topological polar surface area (TPSA) is 9.86 Å². The molecule has 202 valence electrons. The van der Waals surface area contributed by atoms with Crippen LogP contribution < -0.4 is 0 Å². The van der Waals surface area contributed by atoms with Gasteiger partial charge in [0.05, 0.1) is 16.6 Å². The molecule has 9 rings (SSSR count). The lowest BCUT2D eigenvalue weighted by Gasteiger charge is -2.12. The molecule has 7 aromatic carbocycles. The van der Waals surface area contributed by atoms with E-state index in [4.69, 9.17) is 0 Å². The average molecular weight is 549 g/mol. The summed E-state index contributed by atoms with van der Waals surface area (Å²) in [5, 5.41) is 8.93. The minimum absolute atomic E-state index is 1.17. The quantitative estimate of drug-likeness (QED) is 0.208. The van der Waals surface area contributed by atoms with Gasteiger partial charge >= 0.3 is 0 Å². The fraction of sp³-hybridized carbons (Fsp3) is 0.0244. The Morgan fingerprint density at radius 3 is 2.05 bits per heavy atom. The molecule has 0 unspecified atom stereocenters. The van der Waals surface area contributed by atoms with Gasteiger partial charge in [-0.15, -0.1) is 0 Å². The summed E-state index contributed by atoms with van der Waals surface area (Å²) in [7, 11) is 0. The zero-order valence-corrected chi connectivity index (χ0v) is 23.8. The van der Waals surface area contributed by atoms with E-state index in [1.165, 1.54) is 82.3 Å². The van der Waals surface area contributed by atoms with Gasteiger partial charge in [0, 0.05) is 39.1 Å². The number of rotatable bonds is 3. The second-order valence-corrected chi connectivity index (χ2v) is 11.5. The Kier molecular flexibility index (Phi) is 5.15. The van der Waals surface area contributed by atoms with E-state index in [0.29, 0.717) is 0 Å². The number of benzene rings is 7. The Hall–Kier alpha value is -5.60. The third-order valence-corrected chi connectivity index (χ3v) is 9.05. The highest BCUT2D eigenvalue weighted by atomic mass is 15.0. The average Bonchev–Trinajstić information content (AvgIpc) is 3.65. The van der Waals surface area contributed by atoms with Crippen LogP contribution in [0.15, 0.2) is 152 Å². The highest BCUT2D eigenvalue weighted by Crippen LogP contribution is 2.42. The maximum atomic E-state index is 2.45. The molecule has 0 aliphatic carbocycles. The van der Waals surface area contributed by atoms with E-state index in [1.807, 2.05) is 0 Å². The molecule has 2 heterocycles. The predicted molar refractivity (Wildman–Crippen MR) is 183 cm³/mol. The first-order chi connectivity index (χ1) is 21.3. The van der Waals surface area contributed by atoms with E-state index in [9.17, 15) is 0 Å². The summed E-state index contributed by atoms with van der Waals surface area (Å²) in [6.07, 6.45) is 2.21. The molecule has 0 radical (unpaired) electrons. The summed E-state index contributed by atoms with van der Waals surface area (Å²) in [6, 6.07) is 53.1. The molecule has 0 aliphatic rings. The summed E-state index contributed by atoms with van der Waals surface area (Å²) < 4.78 is 4.81. The molecule has 9 aromatic rings. The molecule has 43 heavy (non-hydrogen) atoms. The molecule has 2 aromatic heterocycles. The molecule has 2 nitrogen and oxygen atoms in total. The van der Waals surface area contributed by atoms with E-state index >= 15 is 0 Å².